The molecule has 8 aromatic carbocycles. The molecular weight excluding hydrogens is 723 g/mol. The third kappa shape index (κ3) is 7.94. The van der Waals surface area contributed by atoms with Gasteiger partial charge in [-0.25, -0.2) is 4.98 Å². The van der Waals surface area contributed by atoms with E-state index < -0.39 is 0 Å². The predicted octanol–water partition coefficient (Wildman–Crippen LogP) is 16.0. The Kier molecular flexibility index (Phi) is 10.2. The molecule has 60 heavy (non-hydrogen) atoms. The van der Waals surface area contributed by atoms with Crippen molar-refractivity contribution in [3.8, 4) is 89.3 Å². The minimum absolute atomic E-state index is 0.418. The van der Waals surface area contributed by atoms with Gasteiger partial charge in [-0.15, -0.1) is 0 Å². The molecule has 9 aromatic rings. The first-order valence-corrected chi connectivity index (χ1v) is 20.8. The SMILES string of the molecule is C1=CCC(c2cccc(-c3cccc(-c4cccc(-c5cc(-c6ccccc6)cc(-c6cccc(-c7cccc(-c8cccc(-c9ccccc9)c8)c7)c6)n5)c4)c3)c2)C=C1. The van der Waals surface area contributed by atoms with Gasteiger partial charge in [0.15, 0.2) is 0 Å². The highest BCUT2D eigenvalue weighted by Gasteiger charge is 2.14. The van der Waals surface area contributed by atoms with Gasteiger partial charge in [0.2, 0.25) is 0 Å². The van der Waals surface area contributed by atoms with E-state index in [-0.39, 0.29) is 0 Å². The maximum Gasteiger partial charge on any atom is 0.0715 e. The van der Waals surface area contributed by atoms with Crippen molar-refractivity contribution in [1.82, 2.24) is 4.98 Å². The molecule has 1 heteroatoms. The number of aromatic nitrogens is 1. The maximum atomic E-state index is 5.38. The molecule has 10 rings (SSSR count). The van der Waals surface area contributed by atoms with Crippen LogP contribution in [0.25, 0.3) is 89.3 Å². The highest BCUT2D eigenvalue weighted by Crippen LogP contribution is 2.36. The fraction of sp³-hybridized carbons (Fsp3) is 0.0339. The number of hydrogen-bond donors (Lipinski definition) is 0. The van der Waals surface area contributed by atoms with Gasteiger partial charge in [-0.2, -0.15) is 0 Å². The van der Waals surface area contributed by atoms with Crippen LogP contribution < -0.4 is 0 Å². The number of pyridine rings is 1. The first kappa shape index (κ1) is 36.7. The highest BCUT2D eigenvalue weighted by molar-refractivity contribution is 5.83. The molecule has 0 aliphatic heterocycles. The second-order valence-corrected chi connectivity index (χ2v) is 15.5. The van der Waals surface area contributed by atoms with Gasteiger partial charge in [0, 0.05) is 17.0 Å². The van der Waals surface area contributed by atoms with Crippen LogP contribution in [0.3, 0.4) is 0 Å². The molecule has 1 aliphatic rings. The summed E-state index contributed by atoms with van der Waals surface area (Å²) < 4.78 is 0. The highest BCUT2D eigenvalue weighted by atomic mass is 14.7. The fourth-order valence-corrected chi connectivity index (χ4v) is 8.38. The Morgan fingerprint density at radius 1 is 0.283 bits per heavy atom. The molecule has 1 aliphatic carbocycles. The smallest absolute Gasteiger partial charge is 0.0715 e. The molecule has 0 amide bonds. The van der Waals surface area contributed by atoms with Crippen molar-refractivity contribution in [1.29, 1.82) is 0 Å². The Morgan fingerprint density at radius 3 is 1.07 bits per heavy atom. The van der Waals surface area contributed by atoms with Gasteiger partial charge >= 0.3 is 0 Å². The van der Waals surface area contributed by atoms with Crippen LogP contribution >= 0.6 is 0 Å². The van der Waals surface area contributed by atoms with Crippen molar-refractivity contribution < 1.29 is 0 Å². The molecule has 0 spiro atoms. The normalized spacial score (nSPS) is 13.3. The summed E-state index contributed by atoms with van der Waals surface area (Å²) >= 11 is 0. The standard InChI is InChI=1S/C59H43N/c1-4-16-42(17-5-1)45-22-10-24-47(34-45)49-26-12-28-51(36-49)53-30-14-32-55(38-53)58-40-57(44-20-8-3-9-21-44)41-59(60-58)56-33-15-31-54(39-56)52-29-13-27-50(37-52)48-25-11-23-46(35-48)43-18-6-2-7-19-43/h1-18,20-41,43H,19H2. The Morgan fingerprint density at radius 2 is 0.633 bits per heavy atom. The van der Waals surface area contributed by atoms with Gasteiger partial charge in [-0.05, 0) is 121 Å². The summed E-state index contributed by atoms with van der Waals surface area (Å²) in [6.45, 7) is 0. The van der Waals surface area contributed by atoms with Gasteiger partial charge < -0.3 is 0 Å². The minimum atomic E-state index is 0.418. The Bertz CT molecular complexity index is 3010. The van der Waals surface area contributed by atoms with E-state index in [1.165, 1.54) is 50.1 Å². The number of nitrogens with zero attached hydrogens (tertiary/aromatic N) is 1. The van der Waals surface area contributed by atoms with E-state index in [0.717, 1.165) is 51.2 Å². The van der Waals surface area contributed by atoms with Crippen LogP contribution in [0, 0.1) is 0 Å². The molecule has 1 atom stereocenters. The van der Waals surface area contributed by atoms with Gasteiger partial charge in [-0.3, -0.25) is 0 Å². The first-order chi connectivity index (χ1) is 29.7. The zero-order valence-corrected chi connectivity index (χ0v) is 33.3. The maximum absolute atomic E-state index is 5.38. The van der Waals surface area contributed by atoms with E-state index in [0.29, 0.717) is 5.92 Å². The first-order valence-electron chi connectivity index (χ1n) is 20.8. The number of benzene rings is 8. The Balaban J connectivity index is 0.991. The van der Waals surface area contributed by atoms with E-state index in [1.807, 2.05) is 0 Å². The van der Waals surface area contributed by atoms with Crippen LogP contribution in [-0.4, -0.2) is 4.98 Å². The third-order valence-electron chi connectivity index (χ3n) is 11.6. The molecular formula is C59H43N. The average Bonchev–Trinajstić information content (AvgIpc) is 3.35. The molecule has 0 saturated carbocycles. The molecule has 284 valence electrons. The van der Waals surface area contributed by atoms with Crippen molar-refractivity contribution >= 4 is 0 Å². The lowest BCUT2D eigenvalue weighted by molar-refractivity contribution is 0.854. The molecule has 0 fully saturated rings. The van der Waals surface area contributed by atoms with Gasteiger partial charge in [0.05, 0.1) is 11.4 Å². The van der Waals surface area contributed by atoms with Crippen LogP contribution in [0.5, 0.6) is 0 Å². The summed E-state index contributed by atoms with van der Waals surface area (Å²) in [7, 11) is 0. The molecule has 1 heterocycles. The zero-order chi connectivity index (χ0) is 40.1. The lowest BCUT2D eigenvalue weighted by Gasteiger charge is -2.15. The molecule has 1 unspecified atom stereocenters. The van der Waals surface area contributed by atoms with Gasteiger partial charge in [0.1, 0.15) is 0 Å². The molecule has 0 radical (unpaired) electrons. The van der Waals surface area contributed by atoms with Crippen molar-refractivity contribution in [3.63, 3.8) is 0 Å². The number of rotatable bonds is 9. The second-order valence-electron chi connectivity index (χ2n) is 15.5. The number of allylic oxidation sites excluding steroid dienone is 4. The van der Waals surface area contributed by atoms with Gasteiger partial charge in [0.25, 0.3) is 0 Å². The lowest BCUT2D eigenvalue weighted by Crippen LogP contribution is -1.96. The minimum Gasteiger partial charge on any atom is -0.248 e. The quantitative estimate of drug-likeness (QED) is 0.143. The Hall–Kier alpha value is -7.61. The summed E-state index contributed by atoms with van der Waals surface area (Å²) in [6.07, 6.45) is 9.89. The molecule has 1 aromatic heterocycles. The van der Waals surface area contributed by atoms with Crippen molar-refractivity contribution in [2.75, 3.05) is 0 Å². The molecule has 0 saturated heterocycles. The topological polar surface area (TPSA) is 12.9 Å². The van der Waals surface area contributed by atoms with Crippen LogP contribution in [-0.2, 0) is 0 Å². The van der Waals surface area contributed by atoms with Gasteiger partial charge in [-0.1, -0.05) is 200 Å². The van der Waals surface area contributed by atoms with E-state index in [1.54, 1.807) is 0 Å². The van der Waals surface area contributed by atoms with Crippen molar-refractivity contribution in [3.05, 3.63) is 248 Å². The van der Waals surface area contributed by atoms with Crippen molar-refractivity contribution in [2.45, 2.75) is 12.3 Å². The van der Waals surface area contributed by atoms with Crippen molar-refractivity contribution in [2.24, 2.45) is 0 Å². The summed E-state index contributed by atoms with van der Waals surface area (Å²) in [5, 5.41) is 0. The van der Waals surface area contributed by atoms with E-state index >= 15 is 0 Å². The predicted molar refractivity (Wildman–Crippen MR) is 253 cm³/mol. The number of hydrogen-bond acceptors (Lipinski definition) is 1. The molecule has 0 bridgehead atoms. The summed E-state index contributed by atoms with van der Waals surface area (Å²) in [4.78, 5) is 5.38. The largest absolute Gasteiger partial charge is 0.248 e. The lowest BCUT2D eigenvalue weighted by atomic mass is 9.90. The summed E-state index contributed by atoms with van der Waals surface area (Å²) in [5.41, 5.74) is 19.6. The fourth-order valence-electron chi connectivity index (χ4n) is 8.38. The van der Waals surface area contributed by atoms with Crippen LogP contribution in [0.1, 0.15) is 17.9 Å². The Labute approximate surface area is 353 Å². The average molecular weight is 766 g/mol. The van der Waals surface area contributed by atoms with E-state index in [9.17, 15) is 0 Å². The summed E-state index contributed by atoms with van der Waals surface area (Å²) in [5.74, 6) is 0.418. The zero-order valence-electron chi connectivity index (χ0n) is 33.3. The molecule has 0 N–H and O–H groups in total. The third-order valence-corrected chi connectivity index (χ3v) is 11.6. The monoisotopic (exact) mass is 765 g/mol. The molecule has 1 nitrogen and oxygen atoms in total. The second kappa shape index (κ2) is 16.7. The van der Waals surface area contributed by atoms with Crippen LogP contribution in [0.4, 0.5) is 0 Å². The van der Waals surface area contributed by atoms with Crippen LogP contribution in [0.15, 0.2) is 243 Å². The summed E-state index contributed by atoms with van der Waals surface area (Å²) in [6, 6.07) is 78.8. The van der Waals surface area contributed by atoms with Crippen LogP contribution in [0.2, 0.25) is 0 Å². The van der Waals surface area contributed by atoms with E-state index in [4.69, 9.17) is 4.98 Å². The van der Waals surface area contributed by atoms with E-state index in [2.05, 4.69) is 243 Å².